The molecule has 1 unspecified atom stereocenters. The Balaban J connectivity index is 1.53. The molecule has 2 heterocycles. The second-order valence-corrected chi connectivity index (χ2v) is 5.72. The van der Waals surface area contributed by atoms with E-state index in [0.717, 1.165) is 43.9 Å². The summed E-state index contributed by atoms with van der Waals surface area (Å²) < 4.78 is 1.67. The molecule has 1 atom stereocenters. The highest BCUT2D eigenvalue weighted by Gasteiger charge is 2.20. The SMILES string of the molecule is CCN1CCCC(NC(=O)Nc2ccc(-n3cncn3)cc2)C1. The summed E-state index contributed by atoms with van der Waals surface area (Å²) in [6, 6.07) is 7.57. The van der Waals surface area contributed by atoms with Crippen molar-refractivity contribution in [2.75, 3.05) is 25.0 Å². The van der Waals surface area contributed by atoms with Crippen molar-refractivity contribution in [1.29, 1.82) is 0 Å². The number of amides is 2. The van der Waals surface area contributed by atoms with Gasteiger partial charge in [-0.2, -0.15) is 5.10 Å². The predicted octanol–water partition coefficient (Wildman–Crippen LogP) is 1.87. The Morgan fingerprint density at radius 3 is 2.87 bits per heavy atom. The van der Waals surface area contributed by atoms with Crippen LogP contribution >= 0.6 is 0 Å². The molecule has 23 heavy (non-hydrogen) atoms. The monoisotopic (exact) mass is 314 g/mol. The number of hydrogen-bond donors (Lipinski definition) is 2. The van der Waals surface area contributed by atoms with Gasteiger partial charge in [-0.1, -0.05) is 6.92 Å². The molecule has 7 heteroatoms. The number of hydrogen-bond acceptors (Lipinski definition) is 4. The van der Waals surface area contributed by atoms with Crippen molar-refractivity contribution in [3.63, 3.8) is 0 Å². The third-order valence-electron chi connectivity index (χ3n) is 4.10. The zero-order valence-corrected chi connectivity index (χ0v) is 13.3. The first-order valence-electron chi connectivity index (χ1n) is 7.99. The maximum Gasteiger partial charge on any atom is 0.319 e. The molecule has 1 aromatic heterocycles. The summed E-state index contributed by atoms with van der Waals surface area (Å²) >= 11 is 0. The van der Waals surface area contributed by atoms with Crippen molar-refractivity contribution in [1.82, 2.24) is 25.0 Å². The van der Waals surface area contributed by atoms with E-state index < -0.39 is 0 Å². The molecule has 7 nitrogen and oxygen atoms in total. The number of likely N-dealkylation sites (tertiary alicyclic amines) is 1. The minimum absolute atomic E-state index is 0.151. The average molecular weight is 314 g/mol. The van der Waals surface area contributed by atoms with E-state index in [-0.39, 0.29) is 12.1 Å². The number of nitrogens with zero attached hydrogens (tertiary/aromatic N) is 4. The van der Waals surface area contributed by atoms with Crippen molar-refractivity contribution in [2.45, 2.75) is 25.8 Å². The van der Waals surface area contributed by atoms with Crippen LogP contribution in [0.15, 0.2) is 36.9 Å². The van der Waals surface area contributed by atoms with Crippen LogP contribution in [0.3, 0.4) is 0 Å². The molecule has 0 bridgehead atoms. The Hall–Kier alpha value is -2.41. The maximum absolute atomic E-state index is 12.1. The molecule has 122 valence electrons. The van der Waals surface area contributed by atoms with Gasteiger partial charge in [0.05, 0.1) is 5.69 Å². The highest BCUT2D eigenvalue weighted by molar-refractivity contribution is 5.89. The van der Waals surface area contributed by atoms with E-state index >= 15 is 0 Å². The molecule has 1 aliphatic heterocycles. The second-order valence-electron chi connectivity index (χ2n) is 5.72. The van der Waals surface area contributed by atoms with E-state index in [4.69, 9.17) is 0 Å². The van der Waals surface area contributed by atoms with Gasteiger partial charge in [0.15, 0.2) is 0 Å². The van der Waals surface area contributed by atoms with Crippen LogP contribution in [0.1, 0.15) is 19.8 Å². The maximum atomic E-state index is 12.1. The fourth-order valence-corrected chi connectivity index (χ4v) is 2.85. The molecule has 1 aliphatic rings. The first-order valence-corrected chi connectivity index (χ1v) is 7.99. The Morgan fingerprint density at radius 2 is 2.17 bits per heavy atom. The van der Waals surface area contributed by atoms with Crippen molar-refractivity contribution in [3.05, 3.63) is 36.9 Å². The normalized spacial score (nSPS) is 18.6. The second kappa shape index (κ2) is 7.23. The van der Waals surface area contributed by atoms with Gasteiger partial charge in [-0.25, -0.2) is 14.5 Å². The zero-order chi connectivity index (χ0) is 16.1. The van der Waals surface area contributed by atoms with Gasteiger partial charge < -0.3 is 15.5 Å². The van der Waals surface area contributed by atoms with Gasteiger partial charge in [-0.3, -0.25) is 0 Å². The van der Waals surface area contributed by atoms with Crippen molar-refractivity contribution < 1.29 is 4.79 Å². The summed E-state index contributed by atoms with van der Waals surface area (Å²) in [5.74, 6) is 0. The fourth-order valence-electron chi connectivity index (χ4n) is 2.85. The summed E-state index contributed by atoms with van der Waals surface area (Å²) in [4.78, 5) is 18.4. The molecule has 2 N–H and O–H groups in total. The minimum atomic E-state index is -0.151. The highest BCUT2D eigenvalue weighted by Crippen LogP contribution is 2.13. The molecular weight excluding hydrogens is 292 g/mol. The molecule has 1 fully saturated rings. The number of likely N-dealkylation sites (N-methyl/N-ethyl adjacent to an activating group) is 1. The third-order valence-corrected chi connectivity index (χ3v) is 4.10. The van der Waals surface area contributed by atoms with Gasteiger partial charge in [-0.15, -0.1) is 0 Å². The van der Waals surface area contributed by atoms with Crippen LogP contribution in [0.5, 0.6) is 0 Å². The van der Waals surface area contributed by atoms with Crippen LogP contribution in [0.25, 0.3) is 5.69 Å². The molecular formula is C16H22N6O. The summed E-state index contributed by atoms with van der Waals surface area (Å²) in [7, 11) is 0. The van der Waals surface area contributed by atoms with Crippen LogP contribution in [-0.2, 0) is 0 Å². The molecule has 1 aromatic carbocycles. The topological polar surface area (TPSA) is 75.1 Å². The van der Waals surface area contributed by atoms with Crippen LogP contribution in [-0.4, -0.2) is 51.4 Å². The summed E-state index contributed by atoms with van der Waals surface area (Å²) in [5, 5.41) is 10.0. The number of carbonyl (C=O) groups is 1. The molecule has 2 aromatic rings. The predicted molar refractivity (Wildman–Crippen MR) is 88.6 cm³/mol. The van der Waals surface area contributed by atoms with Gasteiger partial charge in [-0.05, 0) is 50.2 Å². The van der Waals surface area contributed by atoms with Gasteiger partial charge >= 0.3 is 6.03 Å². The molecule has 2 amide bonds. The molecule has 0 radical (unpaired) electrons. The number of aromatic nitrogens is 3. The number of benzene rings is 1. The molecule has 0 spiro atoms. The van der Waals surface area contributed by atoms with Crippen molar-refractivity contribution in [3.8, 4) is 5.69 Å². The van der Waals surface area contributed by atoms with Crippen LogP contribution in [0.2, 0.25) is 0 Å². The third kappa shape index (κ3) is 4.07. The average Bonchev–Trinajstić information content (AvgIpc) is 3.10. The first-order chi connectivity index (χ1) is 11.2. The van der Waals surface area contributed by atoms with E-state index in [9.17, 15) is 4.79 Å². The Morgan fingerprint density at radius 1 is 1.35 bits per heavy atom. The van der Waals surface area contributed by atoms with Crippen LogP contribution < -0.4 is 10.6 Å². The quantitative estimate of drug-likeness (QED) is 0.903. The molecule has 3 rings (SSSR count). The van der Waals surface area contributed by atoms with Crippen LogP contribution in [0.4, 0.5) is 10.5 Å². The van der Waals surface area contributed by atoms with E-state index in [0.29, 0.717) is 0 Å². The number of carbonyl (C=O) groups excluding carboxylic acids is 1. The lowest BCUT2D eigenvalue weighted by molar-refractivity contribution is 0.196. The lowest BCUT2D eigenvalue weighted by atomic mass is 10.1. The lowest BCUT2D eigenvalue weighted by Crippen LogP contribution is -2.48. The number of rotatable bonds is 4. The first kappa shape index (κ1) is 15.5. The number of anilines is 1. The van der Waals surface area contributed by atoms with E-state index in [1.165, 1.54) is 6.33 Å². The molecule has 0 saturated carbocycles. The highest BCUT2D eigenvalue weighted by atomic mass is 16.2. The fraction of sp³-hybridized carbons (Fsp3) is 0.438. The number of piperidine rings is 1. The Labute approximate surface area is 135 Å². The smallest absolute Gasteiger partial charge is 0.319 e. The molecule has 1 saturated heterocycles. The largest absolute Gasteiger partial charge is 0.334 e. The summed E-state index contributed by atoms with van der Waals surface area (Å²) in [6.45, 7) is 5.23. The van der Waals surface area contributed by atoms with Crippen molar-refractivity contribution in [2.24, 2.45) is 0 Å². The Bertz CT molecular complexity index is 625. The summed E-state index contributed by atoms with van der Waals surface area (Å²) in [5.41, 5.74) is 1.66. The number of nitrogens with one attached hydrogen (secondary N) is 2. The standard InChI is InChI=1S/C16H22N6O/c1-2-21-9-3-4-14(10-21)20-16(23)19-13-5-7-15(8-6-13)22-12-17-11-18-22/h5-8,11-12,14H,2-4,9-10H2,1H3,(H2,19,20,23). The van der Waals surface area contributed by atoms with E-state index in [1.54, 1.807) is 11.0 Å². The minimum Gasteiger partial charge on any atom is -0.334 e. The van der Waals surface area contributed by atoms with Gasteiger partial charge in [0.2, 0.25) is 0 Å². The van der Waals surface area contributed by atoms with Gasteiger partial charge in [0, 0.05) is 18.3 Å². The molecule has 0 aliphatic carbocycles. The summed E-state index contributed by atoms with van der Waals surface area (Å²) in [6.07, 6.45) is 5.29. The van der Waals surface area contributed by atoms with Gasteiger partial charge in [0.25, 0.3) is 0 Å². The zero-order valence-electron chi connectivity index (χ0n) is 13.3. The van der Waals surface area contributed by atoms with Crippen molar-refractivity contribution >= 4 is 11.7 Å². The van der Waals surface area contributed by atoms with E-state index in [1.807, 2.05) is 24.3 Å². The van der Waals surface area contributed by atoms with Crippen LogP contribution in [0, 0.1) is 0 Å². The van der Waals surface area contributed by atoms with Gasteiger partial charge in [0.1, 0.15) is 12.7 Å². The number of urea groups is 1. The Kier molecular flexibility index (Phi) is 4.87. The van der Waals surface area contributed by atoms with E-state index in [2.05, 4.69) is 32.5 Å². The lowest BCUT2D eigenvalue weighted by Gasteiger charge is -2.32.